The summed E-state index contributed by atoms with van der Waals surface area (Å²) in [5, 5.41) is 3.54. The van der Waals surface area contributed by atoms with Crippen LogP contribution in [0.1, 0.15) is 47.0 Å². The Hall–Kier alpha value is -0.340. The van der Waals surface area contributed by atoms with E-state index >= 15 is 0 Å². The lowest BCUT2D eigenvalue weighted by Gasteiger charge is -2.41. The molecule has 1 aliphatic rings. The Morgan fingerprint density at radius 2 is 2.12 bits per heavy atom. The number of rotatable bonds is 6. The van der Waals surface area contributed by atoms with Crippen LogP contribution < -0.4 is 5.32 Å². The van der Waals surface area contributed by atoms with Crippen LogP contribution in [0.2, 0.25) is 0 Å². The van der Waals surface area contributed by atoms with Crippen LogP contribution in [0.15, 0.2) is 12.7 Å². The van der Waals surface area contributed by atoms with Crippen molar-refractivity contribution in [3.8, 4) is 0 Å². The average Bonchev–Trinajstić information content (AvgIpc) is 2.65. The van der Waals surface area contributed by atoms with E-state index < -0.39 is 0 Å². The van der Waals surface area contributed by atoms with Crippen molar-refractivity contribution in [2.24, 2.45) is 5.41 Å². The molecule has 0 radical (unpaired) electrons. The first kappa shape index (κ1) is 14.7. The van der Waals surface area contributed by atoms with Crippen LogP contribution in [0.25, 0.3) is 0 Å². The fourth-order valence-electron chi connectivity index (χ4n) is 2.89. The van der Waals surface area contributed by atoms with E-state index in [0.29, 0.717) is 5.41 Å². The van der Waals surface area contributed by atoms with Gasteiger partial charge in [-0.3, -0.25) is 4.90 Å². The SMILES string of the molecule is C=CCN(CC1(CCC)CCNC1)C(C)(C)C. The summed E-state index contributed by atoms with van der Waals surface area (Å²) in [6, 6.07) is 0. The summed E-state index contributed by atoms with van der Waals surface area (Å²) < 4.78 is 0. The molecule has 1 heterocycles. The maximum absolute atomic E-state index is 3.90. The minimum absolute atomic E-state index is 0.234. The van der Waals surface area contributed by atoms with Gasteiger partial charge in [0.25, 0.3) is 0 Å². The minimum atomic E-state index is 0.234. The van der Waals surface area contributed by atoms with Crippen LogP contribution in [0.5, 0.6) is 0 Å². The van der Waals surface area contributed by atoms with Gasteiger partial charge in [-0.2, -0.15) is 0 Å². The Kier molecular flexibility index (Phi) is 5.21. The van der Waals surface area contributed by atoms with Crippen molar-refractivity contribution in [2.75, 3.05) is 26.2 Å². The van der Waals surface area contributed by atoms with Gasteiger partial charge in [-0.15, -0.1) is 6.58 Å². The van der Waals surface area contributed by atoms with Gasteiger partial charge in [-0.1, -0.05) is 19.4 Å². The molecule has 0 saturated carbocycles. The van der Waals surface area contributed by atoms with E-state index in [1.807, 2.05) is 6.08 Å². The molecule has 1 rings (SSSR count). The van der Waals surface area contributed by atoms with E-state index in [0.717, 1.165) is 6.54 Å². The van der Waals surface area contributed by atoms with Crippen LogP contribution >= 0.6 is 0 Å². The Morgan fingerprint density at radius 3 is 2.53 bits per heavy atom. The lowest BCUT2D eigenvalue weighted by Crippen LogP contribution is -2.48. The van der Waals surface area contributed by atoms with Crippen LogP contribution in [0, 0.1) is 5.41 Å². The zero-order chi connectivity index (χ0) is 12.9. The molecule has 0 amide bonds. The van der Waals surface area contributed by atoms with Crippen molar-refractivity contribution in [3.63, 3.8) is 0 Å². The predicted molar refractivity (Wildman–Crippen MR) is 76.4 cm³/mol. The summed E-state index contributed by atoms with van der Waals surface area (Å²) in [7, 11) is 0. The summed E-state index contributed by atoms with van der Waals surface area (Å²) in [6.45, 7) is 17.7. The highest BCUT2D eigenvalue weighted by atomic mass is 15.2. The van der Waals surface area contributed by atoms with Gasteiger partial charge >= 0.3 is 0 Å². The second-order valence-electron chi connectivity index (χ2n) is 6.52. The second kappa shape index (κ2) is 6.01. The van der Waals surface area contributed by atoms with Gasteiger partial charge in [0.15, 0.2) is 0 Å². The average molecular weight is 238 g/mol. The molecule has 1 N–H and O–H groups in total. The smallest absolute Gasteiger partial charge is 0.0166 e. The molecule has 2 nitrogen and oxygen atoms in total. The Labute approximate surface area is 107 Å². The van der Waals surface area contributed by atoms with Crippen molar-refractivity contribution in [1.29, 1.82) is 0 Å². The van der Waals surface area contributed by atoms with Crippen molar-refractivity contribution in [3.05, 3.63) is 12.7 Å². The molecular weight excluding hydrogens is 208 g/mol. The van der Waals surface area contributed by atoms with Crippen LogP contribution in [-0.2, 0) is 0 Å². The molecule has 0 aliphatic carbocycles. The van der Waals surface area contributed by atoms with Gasteiger partial charge in [0.05, 0.1) is 0 Å². The summed E-state index contributed by atoms with van der Waals surface area (Å²) in [5.74, 6) is 0. The third kappa shape index (κ3) is 4.11. The van der Waals surface area contributed by atoms with Gasteiger partial charge in [-0.25, -0.2) is 0 Å². The standard InChI is InChI=1S/C15H30N2/c1-6-8-15(9-10-16-12-15)13-17(11-7-2)14(3,4)5/h7,16H,2,6,8-13H2,1,3-5H3. The molecule has 1 unspecified atom stereocenters. The maximum Gasteiger partial charge on any atom is 0.0166 e. The topological polar surface area (TPSA) is 15.3 Å². The summed E-state index contributed by atoms with van der Waals surface area (Å²) in [5.41, 5.74) is 0.725. The van der Waals surface area contributed by atoms with Gasteiger partial charge in [0.1, 0.15) is 0 Å². The number of nitrogens with one attached hydrogen (secondary N) is 1. The molecule has 2 heteroatoms. The molecule has 1 saturated heterocycles. The highest BCUT2D eigenvalue weighted by Gasteiger charge is 2.36. The van der Waals surface area contributed by atoms with Gasteiger partial charge in [0, 0.05) is 25.2 Å². The zero-order valence-electron chi connectivity index (χ0n) is 12.2. The van der Waals surface area contributed by atoms with Crippen LogP contribution in [0.4, 0.5) is 0 Å². The van der Waals surface area contributed by atoms with Gasteiger partial charge in [-0.05, 0) is 45.6 Å². The normalized spacial score (nSPS) is 25.5. The second-order valence-corrected chi connectivity index (χ2v) is 6.52. The van der Waals surface area contributed by atoms with Gasteiger partial charge < -0.3 is 5.32 Å². The molecule has 0 spiro atoms. The fraction of sp³-hybridized carbons (Fsp3) is 0.867. The molecule has 0 aromatic rings. The molecular formula is C15H30N2. The largest absolute Gasteiger partial charge is 0.316 e. The van der Waals surface area contributed by atoms with Crippen molar-refractivity contribution >= 4 is 0 Å². The molecule has 1 aliphatic heterocycles. The third-order valence-corrected chi connectivity index (χ3v) is 3.94. The van der Waals surface area contributed by atoms with Gasteiger partial charge in [0.2, 0.25) is 0 Å². The van der Waals surface area contributed by atoms with Crippen molar-refractivity contribution in [2.45, 2.75) is 52.5 Å². The van der Waals surface area contributed by atoms with Crippen molar-refractivity contribution < 1.29 is 0 Å². The summed E-state index contributed by atoms with van der Waals surface area (Å²) in [4.78, 5) is 2.57. The molecule has 1 fully saturated rings. The summed E-state index contributed by atoms with van der Waals surface area (Å²) in [6.07, 6.45) is 5.98. The highest BCUT2D eigenvalue weighted by molar-refractivity contribution is 4.94. The fourth-order valence-corrected chi connectivity index (χ4v) is 2.89. The number of hydrogen-bond donors (Lipinski definition) is 1. The van der Waals surface area contributed by atoms with E-state index in [2.05, 4.69) is 44.5 Å². The Balaban J connectivity index is 2.72. The molecule has 0 aromatic carbocycles. The third-order valence-electron chi connectivity index (χ3n) is 3.94. The maximum atomic E-state index is 3.90. The first-order chi connectivity index (χ1) is 7.93. The zero-order valence-corrected chi connectivity index (χ0v) is 12.2. The number of hydrogen-bond acceptors (Lipinski definition) is 2. The molecule has 100 valence electrons. The Bertz CT molecular complexity index is 234. The first-order valence-corrected chi connectivity index (χ1v) is 7.00. The van der Waals surface area contributed by atoms with E-state index in [4.69, 9.17) is 0 Å². The van der Waals surface area contributed by atoms with Crippen LogP contribution in [0.3, 0.4) is 0 Å². The molecule has 1 atom stereocenters. The van der Waals surface area contributed by atoms with Crippen molar-refractivity contribution in [1.82, 2.24) is 10.2 Å². The van der Waals surface area contributed by atoms with E-state index in [1.54, 1.807) is 0 Å². The lowest BCUT2D eigenvalue weighted by atomic mass is 9.81. The highest BCUT2D eigenvalue weighted by Crippen LogP contribution is 2.34. The first-order valence-electron chi connectivity index (χ1n) is 7.00. The molecule has 0 bridgehead atoms. The lowest BCUT2D eigenvalue weighted by molar-refractivity contribution is 0.0841. The van der Waals surface area contributed by atoms with E-state index in [9.17, 15) is 0 Å². The summed E-state index contributed by atoms with van der Waals surface area (Å²) >= 11 is 0. The quantitative estimate of drug-likeness (QED) is 0.716. The van der Waals surface area contributed by atoms with Crippen LogP contribution in [-0.4, -0.2) is 36.6 Å². The van der Waals surface area contributed by atoms with E-state index in [1.165, 1.54) is 38.9 Å². The van der Waals surface area contributed by atoms with E-state index in [-0.39, 0.29) is 5.54 Å². The Morgan fingerprint density at radius 1 is 1.41 bits per heavy atom. The molecule has 0 aromatic heterocycles. The monoisotopic (exact) mass is 238 g/mol. The number of nitrogens with zero attached hydrogens (tertiary/aromatic N) is 1. The minimum Gasteiger partial charge on any atom is -0.316 e. The molecule has 17 heavy (non-hydrogen) atoms. The predicted octanol–water partition coefficient (Wildman–Crippen LogP) is 3.05.